The third kappa shape index (κ3) is 4.36. The second kappa shape index (κ2) is 6.61. The Kier molecular flexibility index (Phi) is 5.44. The van der Waals surface area contributed by atoms with Crippen molar-refractivity contribution in [3.05, 3.63) is 29.6 Å². The van der Waals surface area contributed by atoms with Crippen molar-refractivity contribution in [2.75, 3.05) is 5.75 Å². The summed E-state index contributed by atoms with van der Waals surface area (Å²) in [6.45, 7) is 3.40. The number of halogens is 1. The molecule has 0 aliphatic rings. The molecule has 0 heterocycles. The Morgan fingerprint density at radius 1 is 1.53 bits per heavy atom. The number of nitrogens with one attached hydrogen (secondary N) is 1. The van der Waals surface area contributed by atoms with Gasteiger partial charge in [0.2, 0.25) is 5.91 Å². The molecule has 0 radical (unpaired) electrons. The van der Waals surface area contributed by atoms with E-state index in [-0.39, 0.29) is 29.9 Å². The summed E-state index contributed by atoms with van der Waals surface area (Å²) in [6, 6.07) is 4.65. The Hall–Kier alpha value is -1.07. The van der Waals surface area contributed by atoms with Crippen LogP contribution in [0.4, 0.5) is 4.39 Å². The first-order chi connectivity index (χ1) is 8.04. The second-order valence-electron chi connectivity index (χ2n) is 3.89. The summed E-state index contributed by atoms with van der Waals surface area (Å²) in [5, 5.41) is 11.8. The minimum atomic E-state index is -0.443. The summed E-state index contributed by atoms with van der Waals surface area (Å²) >= 11 is 1.22. The van der Waals surface area contributed by atoms with Crippen LogP contribution in [0.15, 0.2) is 23.1 Å². The number of benzene rings is 1. The molecule has 3 nitrogen and oxygen atoms in total. The van der Waals surface area contributed by atoms with Crippen LogP contribution in [0.1, 0.15) is 19.4 Å². The molecule has 1 amide bonds. The predicted octanol–water partition coefficient (Wildman–Crippen LogP) is 1.93. The van der Waals surface area contributed by atoms with Crippen LogP contribution >= 0.6 is 11.8 Å². The van der Waals surface area contributed by atoms with Gasteiger partial charge in [-0.25, -0.2) is 4.39 Å². The Bertz CT molecular complexity index is 396. The summed E-state index contributed by atoms with van der Waals surface area (Å²) in [4.78, 5) is 12.0. The molecule has 1 aromatic carbocycles. The highest BCUT2D eigenvalue weighted by molar-refractivity contribution is 8.00. The molecular weight excluding hydrogens is 241 g/mol. The zero-order valence-electron chi connectivity index (χ0n) is 9.87. The van der Waals surface area contributed by atoms with Crippen molar-refractivity contribution >= 4 is 17.7 Å². The van der Waals surface area contributed by atoms with Crippen LogP contribution < -0.4 is 5.32 Å². The lowest BCUT2D eigenvalue weighted by Gasteiger charge is -2.10. The number of carbonyl (C=O) groups is 1. The molecule has 0 saturated carbocycles. The Balaban J connectivity index is 2.63. The van der Waals surface area contributed by atoms with Gasteiger partial charge in [0.25, 0.3) is 0 Å². The van der Waals surface area contributed by atoms with Crippen molar-refractivity contribution in [3.8, 4) is 0 Å². The van der Waals surface area contributed by atoms with Crippen molar-refractivity contribution in [1.82, 2.24) is 5.32 Å². The van der Waals surface area contributed by atoms with Gasteiger partial charge in [-0.3, -0.25) is 4.79 Å². The number of hydrogen-bond donors (Lipinski definition) is 2. The molecular formula is C12H16FNO2S. The van der Waals surface area contributed by atoms with E-state index in [0.717, 1.165) is 0 Å². The van der Waals surface area contributed by atoms with Gasteiger partial charge in [0.1, 0.15) is 5.82 Å². The molecule has 0 aliphatic heterocycles. The van der Waals surface area contributed by atoms with E-state index < -0.39 is 5.82 Å². The van der Waals surface area contributed by atoms with Crippen molar-refractivity contribution in [3.63, 3.8) is 0 Å². The average Bonchev–Trinajstić information content (AvgIpc) is 2.25. The zero-order chi connectivity index (χ0) is 12.8. The molecule has 0 atom stereocenters. The van der Waals surface area contributed by atoms with E-state index in [4.69, 9.17) is 5.11 Å². The number of amides is 1. The fraction of sp³-hybridized carbons (Fsp3) is 0.417. The number of aliphatic hydroxyl groups excluding tert-OH is 1. The van der Waals surface area contributed by atoms with Crippen LogP contribution in [0.5, 0.6) is 0 Å². The van der Waals surface area contributed by atoms with Gasteiger partial charge < -0.3 is 10.4 Å². The minimum Gasteiger partial charge on any atom is -0.392 e. The molecule has 0 spiro atoms. The highest BCUT2D eigenvalue weighted by Crippen LogP contribution is 2.24. The molecule has 0 fully saturated rings. The van der Waals surface area contributed by atoms with Gasteiger partial charge in [0, 0.05) is 16.5 Å². The lowest BCUT2D eigenvalue weighted by Crippen LogP contribution is -2.31. The van der Waals surface area contributed by atoms with Gasteiger partial charge in [0.15, 0.2) is 0 Å². The molecule has 0 aromatic heterocycles. The lowest BCUT2D eigenvalue weighted by atomic mass is 10.2. The molecule has 1 aromatic rings. The summed E-state index contributed by atoms with van der Waals surface area (Å²) in [7, 11) is 0. The minimum absolute atomic E-state index is 0.0907. The SMILES string of the molecule is CC(C)NC(=O)CSc1cccc(F)c1CO. The Labute approximate surface area is 104 Å². The van der Waals surface area contributed by atoms with E-state index in [1.807, 2.05) is 13.8 Å². The maximum absolute atomic E-state index is 13.3. The van der Waals surface area contributed by atoms with Crippen molar-refractivity contribution in [2.45, 2.75) is 31.4 Å². The van der Waals surface area contributed by atoms with Crippen LogP contribution in [0.2, 0.25) is 0 Å². The molecule has 2 N–H and O–H groups in total. The number of thioether (sulfide) groups is 1. The molecule has 1 rings (SSSR count). The maximum atomic E-state index is 13.3. The van der Waals surface area contributed by atoms with Gasteiger partial charge in [0.05, 0.1) is 12.4 Å². The first-order valence-corrected chi connectivity index (χ1v) is 6.33. The van der Waals surface area contributed by atoms with Crippen molar-refractivity contribution in [1.29, 1.82) is 0 Å². The van der Waals surface area contributed by atoms with Gasteiger partial charge in [-0.2, -0.15) is 0 Å². The normalized spacial score (nSPS) is 10.6. The summed E-state index contributed by atoms with van der Waals surface area (Å²) < 4.78 is 13.3. The first kappa shape index (κ1) is 14.0. The smallest absolute Gasteiger partial charge is 0.230 e. The van der Waals surface area contributed by atoms with E-state index in [1.165, 1.54) is 17.8 Å². The second-order valence-corrected chi connectivity index (χ2v) is 4.90. The molecule has 5 heteroatoms. The van der Waals surface area contributed by atoms with Crippen LogP contribution in [0.3, 0.4) is 0 Å². The summed E-state index contributed by atoms with van der Waals surface area (Å²) in [6.07, 6.45) is 0. The maximum Gasteiger partial charge on any atom is 0.230 e. The fourth-order valence-corrected chi connectivity index (χ4v) is 2.22. The van der Waals surface area contributed by atoms with Crippen molar-refractivity contribution in [2.24, 2.45) is 0 Å². The molecule has 0 aliphatic carbocycles. The standard InChI is InChI=1S/C12H16FNO2S/c1-8(2)14-12(16)7-17-11-5-3-4-10(13)9(11)6-15/h3-5,8,15H,6-7H2,1-2H3,(H,14,16). The van der Waals surface area contributed by atoms with Gasteiger partial charge in [-0.05, 0) is 26.0 Å². The monoisotopic (exact) mass is 257 g/mol. The number of carbonyl (C=O) groups excluding carboxylic acids is 1. The summed E-state index contributed by atoms with van der Waals surface area (Å²) in [5.74, 6) is -0.325. The largest absolute Gasteiger partial charge is 0.392 e. The van der Waals surface area contributed by atoms with Crippen LogP contribution in [0.25, 0.3) is 0 Å². The first-order valence-electron chi connectivity index (χ1n) is 5.35. The lowest BCUT2D eigenvalue weighted by molar-refractivity contribution is -0.119. The predicted molar refractivity (Wildman–Crippen MR) is 66.3 cm³/mol. The van der Waals surface area contributed by atoms with Crippen molar-refractivity contribution < 1.29 is 14.3 Å². The molecule has 94 valence electrons. The zero-order valence-corrected chi connectivity index (χ0v) is 10.7. The van der Waals surface area contributed by atoms with Crippen LogP contribution in [0, 0.1) is 5.82 Å². The van der Waals surface area contributed by atoms with Crippen LogP contribution in [-0.4, -0.2) is 22.8 Å². The van der Waals surface area contributed by atoms with Gasteiger partial charge in [-0.15, -0.1) is 11.8 Å². The quantitative estimate of drug-likeness (QED) is 0.792. The number of hydrogen-bond acceptors (Lipinski definition) is 3. The molecule has 0 unspecified atom stereocenters. The molecule has 0 bridgehead atoms. The molecule has 0 saturated heterocycles. The van der Waals surface area contributed by atoms with Gasteiger partial charge in [-0.1, -0.05) is 6.07 Å². The fourth-order valence-electron chi connectivity index (χ4n) is 1.33. The Morgan fingerprint density at radius 3 is 2.82 bits per heavy atom. The van der Waals surface area contributed by atoms with E-state index in [0.29, 0.717) is 4.90 Å². The third-order valence-electron chi connectivity index (χ3n) is 2.04. The Morgan fingerprint density at radius 2 is 2.24 bits per heavy atom. The highest BCUT2D eigenvalue weighted by atomic mass is 32.2. The summed E-state index contributed by atoms with van der Waals surface area (Å²) in [5.41, 5.74) is 0.245. The molecule has 17 heavy (non-hydrogen) atoms. The highest BCUT2D eigenvalue weighted by Gasteiger charge is 2.10. The number of aliphatic hydroxyl groups is 1. The van der Waals surface area contributed by atoms with E-state index >= 15 is 0 Å². The average molecular weight is 257 g/mol. The van der Waals surface area contributed by atoms with Crippen LogP contribution in [-0.2, 0) is 11.4 Å². The van der Waals surface area contributed by atoms with Gasteiger partial charge >= 0.3 is 0 Å². The topological polar surface area (TPSA) is 49.3 Å². The van der Waals surface area contributed by atoms with E-state index in [1.54, 1.807) is 12.1 Å². The third-order valence-corrected chi connectivity index (χ3v) is 3.14. The number of rotatable bonds is 5. The van der Waals surface area contributed by atoms with E-state index in [9.17, 15) is 9.18 Å². The van der Waals surface area contributed by atoms with E-state index in [2.05, 4.69) is 5.32 Å².